The molecule has 18 heavy (non-hydrogen) atoms. The van der Waals surface area contributed by atoms with E-state index in [-0.39, 0.29) is 5.84 Å². The summed E-state index contributed by atoms with van der Waals surface area (Å²) < 4.78 is 0.840. The van der Waals surface area contributed by atoms with Gasteiger partial charge in [0.2, 0.25) is 5.95 Å². The summed E-state index contributed by atoms with van der Waals surface area (Å²) in [7, 11) is 0. The lowest BCUT2D eigenvalue weighted by Gasteiger charge is -2.24. The van der Waals surface area contributed by atoms with Crippen LogP contribution >= 0.6 is 15.9 Å². The topological polar surface area (TPSA) is 87.6 Å². The van der Waals surface area contributed by atoms with Crippen molar-refractivity contribution >= 4 is 27.7 Å². The van der Waals surface area contributed by atoms with Crippen molar-refractivity contribution in [1.82, 2.24) is 9.97 Å². The molecule has 1 aromatic heterocycles. The second-order valence-corrected chi connectivity index (χ2v) is 5.30. The van der Waals surface area contributed by atoms with Gasteiger partial charge in [-0.3, -0.25) is 0 Å². The van der Waals surface area contributed by atoms with E-state index in [2.05, 4.69) is 44.9 Å². The lowest BCUT2D eigenvalue weighted by atomic mass is 10.2. The van der Waals surface area contributed by atoms with Crippen LogP contribution in [0.15, 0.2) is 22.0 Å². The van der Waals surface area contributed by atoms with Gasteiger partial charge in [0.05, 0.1) is 4.47 Å². The number of anilines is 1. The first-order valence-corrected chi connectivity index (χ1v) is 6.51. The molecule has 0 unspecified atom stereocenters. The fourth-order valence-electron chi connectivity index (χ4n) is 1.48. The number of nitrogens with zero attached hydrogens (tertiary/aromatic N) is 4. The minimum Gasteiger partial charge on any atom is -0.409 e. The highest BCUT2D eigenvalue weighted by Gasteiger charge is 2.12. The Morgan fingerprint density at radius 3 is 2.61 bits per heavy atom. The van der Waals surface area contributed by atoms with E-state index < -0.39 is 0 Å². The third kappa shape index (κ3) is 4.87. The van der Waals surface area contributed by atoms with Crippen molar-refractivity contribution in [2.45, 2.75) is 20.3 Å². The molecule has 0 aliphatic rings. The van der Waals surface area contributed by atoms with Crippen LogP contribution in [-0.4, -0.2) is 34.1 Å². The summed E-state index contributed by atoms with van der Waals surface area (Å²) in [4.78, 5) is 10.5. The zero-order chi connectivity index (χ0) is 13.5. The largest absolute Gasteiger partial charge is 0.409 e. The molecule has 0 aromatic carbocycles. The van der Waals surface area contributed by atoms with Crippen LogP contribution in [0.3, 0.4) is 0 Å². The molecule has 0 radical (unpaired) electrons. The van der Waals surface area contributed by atoms with E-state index in [0.717, 1.165) is 11.0 Å². The number of oxime groups is 1. The Morgan fingerprint density at radius 1 is 1.50 bits per heavy atom. The van der Waals surface area contributed by atoms with Crippen LogP contribution in [0, 0.1) is 5.92 Å². The third-order valence-corrected chi connectivity index (χ3v) is 2.65. The first-order chi connectivity index (χ1) is 8.52. The SMILES string of the molecule is CC(C)CN(CCC(N)=NO)c1ncc(Br)cn1. The van der Waals surface area contributed by atoms with Gasteiger partial charge in [-0.1, -0.05) is 19.0 Å². The fourth-order valence-corrected chi connectivity index (χ4v) is 1.69. The third-order valence-electron chi connectivity index (χ3n) is 2.24. The Labute approximate surface area is 115 Å². The molecule has 0 amide bonds. The first-order valence-electron chi connectivity index (χ1n) is 5.71. The molecule has 0 atom stereocenters. The van der Waals surface area contributed by atoms with Crippen molar-refractivity contribution in [2.75, 3.05) is 18.0 Å². The van der Waals surface area contributed by atoms with Gasteiger partial charge in [0.1, 0.15) is 5.84 Å². The minimum atomic E-state index is 0.209. The maximum atomic E-state index is 8.54. The predicted octanol–water partition coefficient (Wildman–Crippen LogP) is 1.84. The Hall–Kier alpha value is -1.37. The Bertz CT molecular complexity index is 393. The van der Waals surface area contributed by atoms with Crippen LogP contribution in [0.2, 0.25) is 0 Å². The summed E-state index contributed by atoms with van der Waals surface area (Å²) in [5.74, 6) is 1.34. The van der Waals surface area contributed by atoms with Crippen LogP contribution in [0.25, 0.3) is 0 Å². The van der Waals surface area contributed by atoms with Crippen LogP contribution < -0.4 is 10.6 Å². The number of nitrogens with two attached hydrogens (primary N) is 1. The van der Waals surface area contributed by atoms with Crippen LogP contribution in [0.4, 0.5) is 5.95 Å². The maximum absolute atomic E-state index is 8.54. The van der Waals surface area contributed by atoms with Crippen LogP contribution in [0.1, 0.15) is 20.3 Å². The van der Waals surface area contributed by atoms with Crippen molar-refractivity contribution in [2.24, 2.45) is 16.8 Å². The number of amidine groups is 1. The first kappa shape index (κ1) is 14.7. The van der Waals surface area contributed by atoms with E-state index in [1.165, 1.54) is 0 Å². The highest BCUT2D eigenvalue weighted by Crippen LogP contribution is 2.13. The molecular formula is C11H18BrN5O. The zero-order valence-corrected chi connectivity index (χ0v) is 12.1. The number of rotatable bonds is 6. The molecule has 1 heterocycles. The lowest BCUT2D eigenvalue weighted by molar-refractivity contribution is 0.317. The normalized spacial score (nSPS) is 11.9. The fraction of sp³-hybridized carbons (Fsp3) is 0.545. The summed E-state index contributed by atoms with van der Waals surface area (Å²) in [6.07, 6.45) is 3.89. The van der Waals surface area contributed by atoms with Gasteiger partial charge in [0, 0.05) is 31.9 Å². The van der Waals surface area contributed by atoms with Gasteiger partial charge in [-0.15, -0.1) is 0 Å². The number of aromatic nitrogens is 2. The Balaban J connectivity index is 2.74. The molecule has 0 fully saturated rings. The zero-order valence-electron chi connectivity index (χ0n) is 10.5. The minimum absolute atomic E-state index is 0.209. The summed E-state index contributed by atoms with van der Waals surface area (Å²) >= 11 is 3.30. The second-order valence-electron chi connectivity index (χ2n) is 4.38. The van der Waals surface area contributed by atoms with Gasteiger partial charge in [-0.2, -0.15) is 0 Å². The molecule has 1 rings (SSSR count). The van der Waals surface area contributed by atoms with E-state index in [0.29, 0.717) is 24.8 Å². The van der Waals surface area contributed by atoms with Gasteiger partial charge in [0.15, 0.2) is 0 Å². The van der Waals surface area contributed by atoms with Crippen molar-refractivity contribution in [3.05, 3.63) is 16.9 Å². The van der Waals surface area contributed by atoms with E-state index in [4.69, 9.17) is 10.9 Å². The molecule has 0 bridgehead atoms. The van der Waals surface area contributed by atoms with Gasteiger partial charge >= 0.3 is 0 Å². The molecule has 0 aliphatic carbocycles. The van der Waals surface area contributed by atoms with Crippen LogP contribution in [-0.2, 0) is 0 Å². The molecule has 0 spiro atoms. The molecule has 0 saturated carbocycles. The van der Waals surface area contributed by atoms with Gasteiger partial charge < -0.3 is 15.8 Å². The van der Waals surface area contributed by atoms with Gasteiger partial charge in [-0.05, 0) is 21.8 Å². The summed E-state index contributed by atoms with van der Waals surface area (Å²) in [6.45, 7) is 5.68. The van der Waals surface area contributed by atoms with Crippen molar-refractivity contribution in [1.29, 1.82) is 0 Å². The molecular weight excluding hydrogens is 298 g/mol. The molecule has 0 aliphatic heterocycles. The van der Waals surface area contributed by atoms with Gasteiger partial charge in [0.25, 0.3) is 0 Å². The van der Waals surface area contributed by atoms with E-state index in [1.807, 2.05) is 4.90 Å². The predicted molar refractivity (Wildman–Crippen MR) is 74.8 cm³/mol. The molecule has 0 saturated heterocycles. The summed E-state index contributed by atoms with van der Waals surface area (Å²) in [6, 6.07) is 0. The van der Waals surface area contributed by atoms with E-state index in [9.17, 15) is 0 Å². The average Bonchev–Trinajstić information content (AvgIpc) is 2.34. The summed E-state index contributed by atoms with van der Waals surface area (Å²) in [5.41, 5.74) is 5.48. The van der Waals surface area contributed by atoms with Crippen molar-refractivity contribution < 1.29 is 5.21 Å². The number of hydrogen-bond acceptors (Lipinski definition) is 5. The number of halogens is 1. The van der Waals surface area contributed by atoms with Crippen molar-refractivity contribution in [3.63, 3.8) is 0 Å². The molecule has 6 nitrogen and oxygen atoms in total. The average molecular weight is 316 g/mol. The maximum Gasteiger partial charge on any atom is 0.225 e. The lowest BCUT2D eigenvalue weighted by Crippen LogP contribution is -2.32. The molecule has 7 heteroatoms. The second kappa shape index (κ2) is 7.15. The van der Waals surface area contributed by atoms with E-state index in [1.54, 1.807) is 12.4 Å². The van der Waals surface area contributed by atoms with Crippen molar-refractivity contribution in [3.8, 4) is 0 Å². The molecule has 1 aromatic rings. The standard InChI is InChI=1S/C11H18BrN5O/c1-8(2)7-17(4-3-10(13)16-18)11-14-5-9(12)6-15-11/h5-6,8,18H,3-4,7H2,1-2H3,(H2,13,16). The molecule has 3 N–H and O–H groups in total. The highest BCUT2D eigenvalue weighted by molar-refractivity contribution is 9.10. The van der Waals surface area contributed by atoms with E-state index >= 15 is 0 Å². The highest BCUT2D eigenvalue weighted by atomic mass is 79.9. The quantitative estimate of drug-likeness (QED) is 0.362. The molecule has 100 valence electrons. The van der Waals surface area contributed by atoms with Gasteiger partial charge in [-0.25, -0.2) is 9.97 Å². The Kier molecular flexibility index (Phi) is 5.84. The Morgan fingerprint density at radius 2 is 2.11 bits per heavy atom. The number of hydrogen-bond donors (Lipinski definition) is 2. The smallest absolute Gasteiger partial charge is 0.225 e. The monoisotopic (exact) mass is 315 g/mol. The van der Waals surface area contributed by atoms with Crippen LogP contribution in [0.5, 0.6) is 0 Å². The summed E-state index contributed by atoms with van der Waals surface area (Å²) in [5, 5.41) is 11.5.